The Kier molecular flexibility index (Phi) is 3.50. The molecular weight excluding hydrogens is 292 g/mol. The molecule has 1 fully saturated rings. The number of H-pyrrole nitrogens is 1. The van der Waals surface area contributed by atoms with Gasteiger partial charge in [-0.3, -0.25) is 0 Å². The maximum absolute atomic E-state index is 4.79. The molecule has 0 radical (unpaired) electrons. The Balaban J connectivity index is 1.43. The highest BCUT2D eigenvalue weighted by Crippen LogP contribution is 2.33. The summed E-state index contributed by atoms with van der Waals surface area (Å²) >= 11 is 1.76. The number of fused-ring (bicyclic) bond motifs is 1. The molecule has 0 unspecified atom stereocenters. The fourth-order valence-electron chi connectivity index (χ4n) is 2.80. The summed E-state index contributed by atoms with van der Waals surface area (Å²) in [5.74, 6) is 0. The largest absolute Gasteiger partial charge is 0.379 e. The van der Waals surface area contributed by atoms with Gasteiger partial charge in [0.1, 0.15) is 0 Å². The average Bonchev–Trinajstić information content (AvgIpc) is 3.08. The second-order valence-corrected chi connectivity index (χ2v) is 6.61. The van der Waals surface area contributed by atoms with Crippen LogP contribution in [0.3, 0.4) is 0 Å². The Hall–Kier alpha value is -2.01. The van der Waals surface area contributed by atoms with Crippen molar-refractivity contribution < 1.29 is 0 Å². The first-order valence-corrected chi connectivity index (χ1v) is 8.73. The molecule has 4 rings (SSSR count). The summed E-state index contributed by atoms with van der Waals surface area (Å²) in [6.07, 6.45) is 4.60. The molecule has 0 saturated heterocycles. The van der Waals surface area contributed by atoms with Gasteiger partial charge in [-0.25, -0.2) is 4.98 Å². The van der Waals surface area contributed by atoms with Gasteiger partial charge in [0, 0.05) is 40.8 Å². The molecule has 4 nitrogen and oxygen atoms in total. The summed E-state index contributed by atoms with van der Waals surface area (Å²) < 4.78 is 0. The van der Waals surface area contributed by atoms with E-state index in [1.54, 1.807) is 11.3 Å². The Morgan fingerprint density at radius 3 is 3.09 bits per heavy atom. The van der Waals surface area contributed by atoms with Crippen LogP contribution in [-0.2, 0) is 6.54 Å². The Bertz CT molecular complexity index is 772. The zero-order valence-electron chi connectivity index (χ0n) is 12.7. The summed E-state index contributed by atoms with van der Waals surface area (Å²) in [6.45, 7) is 4.04. The van der Waals surface area contributed by atoms with Crippen LogP contribution in [0.4, 0.5) is 10.8 Å². The van der Waals surface area contributed by atoms with Crippen LogP contribution >= 0.6 is 11.3 Å². The second kappa shape index (κ2) is 5.65. The molecule has 2 heterocycles. The lowest BCUT2D eigenvalue weighted by Crippen LogP contribution is -2.24. The summed E-state index contributed by atoms with van der Waals surface area (Å²) in [5.41, 5.74) is 3.42. The highest BCUT2D eigenvalue weighted by atomic mass is 32.1. The highest BCUT2D eigenvalue weighted by Gasteiger charge is 2.29. The third kappa shape index (κ3) is 2.68. The maximum atomic E-state index is 4.79. The lowest BCUT2D eigenvalue weighted by Gasteiger charge is -2.18. The molecular formula is C17H20N4S. The number of nitrogens with one attached hydrogen (secondary N) is 2. The van der Waals surface area contributed by atoms with E-state index >= 15 is 0 Å². The van der Waals surface area contributed by atoms with Crippen LogP contribution in [0, 0.1) is 0 Å². The van der Waals surface area contributed by atoms with Crippen LogP contribution in [0.2, 0.25) is 0 Å². The van der Waals surface area contributed by atoms with Crippen molar-refractivity contribution >= 4 is 33.1 Å². The zero-order chi connectivity index (χ0) is 14.9. The van der Waals surface area contributed by atoms with Gasteiger partial charge in [0.25, 0.3) is 0 Å². The van der Waals surface area contributed by atoms with Crippen molar-refractivity contribution in [3.63, 3.8) is 0 Å². The monoisotopic (exact) mass is 312 g/mol. The van der Waals surface area contributed by atoms with E-state index in [0.29, 0.717) is 0 Å². The lowest BCUT2D eigenvalue weighted by molar-refractivity contribution is 0.817. The van der Waals surface area contributed by atoms with E-state index in [2.05, 4.69) is 51.8 Å². The zero-order valence-corrected chi connectivity index (χ0v) is 13.5. The molecule has 1 saturated carbocycles. The van der Waals surface area contributed by atoms with Gasteiger partial charge in [-0.15, -0.1) is 11.3 Å². The van der Waals surface area contributed by atoms with E-state index < -0.39 is 0 Å². The van der Waals surface area contributed by atoms with Crippen molar-refractivity contribution in [2.75, 3.05) is 16.8 Å². The molecule has 1 aliphatic rings. The number of anilines is 2. The molecule has 114 valence electrons. The Labute approximate surface area is 134 Å². The number of hydrogen-bond donors (Lipinski definition) is 2. The number of benzene rings is 1. The van der Waals surface area contributed by atoms with E-state index in [1.807, 2.05) is 6.20 Å². The van der Waals surface area contributed by atoms with E-state index in [0.717, 1.165) is 30.5 Å². The number of nitrogens with zero attached hydrogens (tertiary/aromatic N) is 2. The fourth-order valence-corrected chi connectivity index (χ4v) is 3.76. The second-order valence-electron chi connectivity index (χ2n) is 5.77. The van der Waals surface area contributed by atoms with Gasteiger partial charge in [-0.2, -0.15) is 0 Å². The topological polar surface area (TPSA) is 44.0 Å². The minimum Gasteiger partial charge on any atom is -0.379 e. The van der Waals surface area contributed by atoms with Gasteiger partial charge in [0.2, 0.25) is 0 Å². The van der Waals surface area contributed by atoms with Crippen LogP contribution in [0.15, 0.2) is 35.8 Å². The van der Waals surface area contributed by atoms with Crippen LogP contribution in [0.25, 0.3) is 10.9 Å². The van der Waals surface area contributed by atoms with E-state index in [1.165, 1.54) is 28.9 Å². The Morgan fingerprint density at radius 2 is 2.27 bits per heavy atom. The Morgan fingerprint density at radius 1 is 1.36 bits per heavy atom. The van der Waals surface area contributed by atoms with Crippen LogP contribution < -0.4 is 10.2 Å². The normalized spacial score (nSPS) is 14.4. The molecule has 0 spiro atoms. The maximum Gasteiger partial charge on any atom is 0.185 e. The first-order chi connectivity index (χ1) is 10.8. The first-order valence-electron chi connectivity index (χ1n) is 7.85. The van der Waals surface area contributed by atoms with Crippen molar-refractivity contribution in [3.8, 4) is 0 Å². The molecule has 1 aromatic carbocycles. The van der Waals surface area contributed by atoms with Crippen molar-refractivity contribution in [1.29, 1.82) is 0 Å². The van der Waals surface area contributed by atoms with Crippen LogP contribution in [0.5, 0.6) is 0 Å². The number of rotatable bonds is 6. The molecule has 3 aromatic rings. The molecule has 0 atom stereocenters. The van der Waals surface area contributed by atoms with E-state index in [9.17, 15) is 0 Å². The SMILES string of the molecule is CCN(c1nc(CNc2ccc3[nH]ccc3c2)cs1)C1CC1. The molecule has 2 N–H and O–H groups in total. The van der Waals surface area contributed by atoms with Gasteiger partial charge >= 0.3 is 0 Å². The number of aromatic nitrogens is 2. The molecule has 0 bridgehead atoms. The third-order valence-corrected chi connectivity index (χ3v) is 5.07. The first kappa shape index (κ1) is 13.6. The summed E-state index contributed by atoms with van der Waals surface area (Å²) in [7, 11) is 0. The van der Waals surface area contributed by atoms with E-state index in [4.69, 9.17) is 4.98 Å². The molecule has 2 aromatic heterocycles. The standard InChI is InChI=1S/C17H20N4S/c1-2-21(15-4-5-15)17-20-14(11-22-17)10-19-13-3-6-16-12(9-13)7-8-18-16/h3,6-9,11,15,18-19H,2,4-5,10H2,1H3. The van der Waals surface area contributed by atoms with Gasteiger partial charge in [-0.05, 0) is 44.0 Å². The lowest BCUT2D eigenvalue weighted by atomic mass is 10.2. The number of hydrogen-bond acceptors (Lipinski definition) is 4. The molecule has 0 aliphatic heterocycles. The predicted molar refractivity (Wildman–Crippen MR) is 93.8 cm³/mol. The predicted octanol–water partition coefficient (Wildman–Crippen LogP) is 4.23. The minimum absolute atomic E-state index is 0.730. The third-order valence-electron chi connectivity index (χ3n) is 4.14. The minimum atomic E-state index is 0.730. The molecule has 0 amide bonds. The van der Waals surface area contributed by atoms with Crippen molar-refractivity contribution in [2.45, 2.75) is 32.4 Å². The van der Waals surface area contributed by atoms with Crippen LogP contribution in [-0.4, -0.2) is 22.6 Å². The summed E-state index contributed by atoms with van der Waals surface area (Å²) in [4.78, 5) is 10.4. The van der Waals surface area contributed by atoms with Gasteiger partial charge in [-0.1, -0.05) is 0 Å². The van der Waals surface area contributed by atoms with Gasteiger partial charge in [0.15, 0.2) is 5.13 Å². The average molecular weight is 312 g/mol. The van der Waals surface area contributed by atoms with Gasteiger partial charge in [0.05, 0.1) is 12.2 Å². The van der Waals surface area contributed by atoms with Gasteiger partial charge < -0.3 is 15.2 Å². The van der Waals surface area contributed by atoms with Crippen LogP contribution in [0.1, 0.15) is 25.5 Å². The molecule has 5 heteroatoms. The summed E-state index contributed by atoms with van der Waals surface area (Å²) in [5, 5.41) is 8.04. The summed E-state index contributed by atoms with van der Waals surface area (Å²) in [6, 6.07) is 9.20. The molecule has 22 heavy (non-hydrogen) atoms. The van der Waals surface area contributed by atoms with E-state index in [-0.39, 0.29) is 0 Å². The van der Waals surface area contributed by atoms with Crippen molar-refractivity contribution in [3.05, 3.63) is 41.5 Å². The van der Waals surface area contributed by atoms with Crippen molar-refractivity contribution in [2.24, 2.45) is 0 Å². The van der Waals surface area contributed by atoms with Crippen molar-refractivity contribution in [1.82, 2.24) is 9.97 Å². The number of aromatic amines is 1. The quantitative estimate of drug-likeness (QED) is 0.716. The highest BCUT2D eigenvalue weighted by molar-refractivity contribution is 7.13. The smallest absolute Gasteiger partial charge is 0.185 e. The molecule has 1 aliphatic carbocycles. The fraction of sp³-hybridized carbons (Fsp3) is 0.353. The number of thiazole rings is 1.